The van der Waals surface area contributed by atoms with E-state index in [-0.39, 0.29) is 30.3 Å². The molecule has 1 N–H and O–H groups in total. The zero-order chi connectivity index (χ0) is 24.8. The Labute approximate surface area is 211 Å². The van der Waals surface area contributed by atoms with Gasteiger partial charge in [0.2, 0.25) is 11.8 Å². The fraction of sp³-hybridized carbons (Fsp3) is 0.407. The van der Waals surface area contributed by atoms with Gasteiger partial charge in [0.25, 0.3) is 0 Å². The van der Waals surface area contributed by atoms with Crippen molar-refractivity contribution in [2.24, 2.45) is 5.41 Å². The van der Waals surface area contributed by atoms with Gasteiger partial charge in [0, 0.05) is 22.5 Å². The minimum absolute atomic E-state index is 0.0168. The molecule has 0 saturated carbocycles. The quantitative estimate of drug-likeness (QED) is 0.443. The largest absolute Gasteiger partial charge is 0.349 e. The van der Waals surface area contributed by atoms with Crippen LogP contribution in [0.15, 0.2) is 48.5 Å². The Morgan fingerprint density at radius 3 is 2.35 bits per heavy atom. The van der Waals surface area contributed by atoms with Gasteiger partial charge in [0.15, 0.2) is 6.04 Å². The molecule has 2 aromatic carbocycles. The molecule has 2 amide bonds. The SMILES string of the molecule is CC(C)(C)CC(C)(C)NC(=O)C1c2c(Cl)c3ccccc3n2CC(=O)N1Cc1ccccc1Cl. The topological polar surface area (TPSA) is 54.3 Å². The molecular weight excluding hydrogens is 469 g/mol. The van der Waals surface area contributed by atoms with E-state index in [1.807, 2.05) is 60.9 Å². The highest BCUT2D eigenvalue weighted by molar-refractivity contribution is 6.37. The number of rotatable bonds is 5. The minimum Gasteiger partial charge on any atom is -0.349 e. The summed E-state index contributed by atoms with van der Waals surface area (Å²) in [5.74, 6) is -0.404. The second kappa shape index (κ2) is 8.94. The van der Waals surface area contributed by atoms with E-state index in [1.165, 1.54) is 0 Å². The smallest absolute Gasteiger partial charge is 0.249 e. The molecule has 1 aliphatic rings. The highest BCUT2D eigenvalue weighted by Crippen LogP contribution is 2.41. The average Bonchev–Trinajstić information content (AvgIpc) is 3.00. The molecule has 180 valence electrons. The maximum atomic E-state index is 13.9. The first-order chi connectivity index (χ1) is 15.9. The van der Waals surface area contributed by atoms with E-state index in [9.17, 15) is 9.59 Å². The van der Waals surface area contributed by atoms with Crippen LogP contribution in [0.25, 0.3) is 10.9 Å². The maximum absolute atomic E-state index is 13.9. The van der Waals surface area contributed by atoms with Crippen molar-refractivity contribution in [1.82, 2.24) is 14.8 Å². The Hall–Kier alpha value is -2.50. The summed E-state index contributed by atoms with van der Waals surface area (Å²) < 4.78 is 1.88. The third-order valence-corrected chi connectivity index (χ3v) is 6.88. The highest BCUT2D eigenvalue weighted by atomic mass is 35.5. The Bertz CT molecular complexity index is 1260. The summed E-state index contributed by atoms with van der Waals surface area (Å²) in [6, 6.07) is 14.2. The second-order valence-corrected chi connectivity index (χ2v) is 11.7. The lowest BCUT2D eigenvalue weighted by molar-refractivity contribution is -0.145. The zero-order valence-electron chi connectivity index (χ0n) is 20.3. The number of carbonyl (C=O) groups is 2. The minimum atomic E-state index is -0.878. The number of benzene rings is 2. The lowest BCUT2D eigenvalue weighted by atomic mass is 9.81. The van der Waals surface area contributed by atoms with Crippen molar-refractivity contribution in [2.45, 2.75) is 65.7 Å². The van der Waals surface area contributed by atoms with Crippen LogP contribution in [0.3, 0.4) is 0 Å². The normalized spacial score (nSPS) is 16.6. The molecule has 7 heteroatoms. The number of fused-ring (bicyclic) bond motifs is 3. The Kier molecular flexibility index (Phi) is 6.47. The predicted molar refractivity (Wildman–Crippen MR) is 138 cm³/mol. The maximum Gasteiger partial charge on any atom is 0.249 e. The van der Waals surface area contributed by atoms with Crippen molar-refractivity contribution in [3.8, 4) is 0 Å². The zero-order valence-corrected chi connectivity index (χ0v) is 21.8. The van der Waals surface area contributed by atoms with E-state index in [1.54, 1.807) is 11.0 Å². The van der Waals surface area contributed by atoms with Crippen molar-refractivity contribution >= 4 is 45.9 Å². The summed E-state index contributed by atoms with van der Waals surface area (Å²) in [6.45, 7) is 10.8. The molecule has 1 aromatic heterocycles. The Balaban J connectivity index is 1.81. The van der Waals surface area contributed by atoms with Gasteiger partial charge in [-0.15, -0.1) is 0 Å². The summed E-state index contributed by atoms with van der Waals surface area (Å²) >= 11 is 13.3. The molecule has 3 aromatic rings. The summed E-state index contributed by atoms with van der Waals surface area (Å²) in [4.78, 5) is 29.0. The highest BCUT2D eigenvalue weighted by Gasteiger charge is 2.42. The molecule has 34 heavy (non-hydrogen) atoms. The number of hydrogen-bond donors (Lipinski definition) is 1. The number of hydrogen-bond acceptors (Lipinski definition) is 2. The first-order valence-corrected chi connectivity index (χ1v) is 12.2. The summed E-state index contributed by atoms with van der Waals surface area (Å²) in [5, 5.41) is 5.10. The molecule has 1 atom stereocenters. The van der Waals surface area contributed by atoms with Crippen molar-refractivity contribution in [1.29, 1.82) is 0 Å². The van der Waals surface area contributed by atoms with E-state index >= 15 is 0 Å². The first-order valence-electron chi connectivity index (χ1n) is 11.5. The third-order valence-electron chi connectivity index (χ3n) is 6.11. The van der Waals surface area contributed by atoms with Gasteiger partial charge in [0.1, 0.15) is 6.54 Å². The van der Waals surface area contributed by atoms with Gasteiger partial charge < -0.3 is 14.8 Å². The molecule has 0 bridgehead atoms. The third kappa shape index (κ3) is 4.82. The first kappa shape index (κ1) is 24.6. The number of aromatic nitrogens is 1. The molecule has 1 aliphatic heterocycles. The molecule has 0 spiro atoms. The molecule has 1 unspecified atom stereocenters. The molecule has 5 nitrogen and oxygen atoms in total. The van der Waals surface area contributed by atoms with Crippen LogP contribution in [0, 0.1) is 5.41 Å². The Morgan fingerprint density at radius 1 is 1.03 bits per heavy atom. The molecule has 0 aliphatic carbocycles. The van der Waals surface area contributed by atoms with Gasteiger partial charge in [0.05, 0.1) is 16.2 Å². The van der Waals surface area contributed by atoms with Crippen molar-refractivity contribution in [3.05, 3.63) is 69.8 Å². The Morgan fingerprint density at radius 2 is 1.68 bits per heavy atom. The standard InChI is InChI=1S/C27H31Cl2N3O2/c1-26(2,3)16-27(4,5)30-25(34)24-23-22(29)18-11-7-9-13-20(18)31(23)15-21(33)32(24)14-17-10-6-8-12-19(17)28/h6-13,24H,14-16H2,1-5H3,(H,30,34). The predicted octanol–water partition coefficient (Wildman–Crippen LogP) is 6.36. The van der Waals surface area contributed by atoms with E-state index < -0.39 is 11.6 Å². The van der Waals surface area contributed by atoms with Crippen LogP contribution >= 0.6 is 23.2 Å². The molecule has 0 saturated heterocycles. The average molecular weight is 500 g/mol. The van der Waals surface area contributed by atoms with Gasteiger partial charge in [-0.2, -0.15) is 0 Å². The summed E-state index contributed by atoms with van der Waals surface area (Å²) in [6.07, 6.45) is 0.771. The molecule has 4 rings (SSSR count). The van der Waals surface area contributed by atoms with Crippen LogP contribution in [0.4, 0.5) is 0 Å². The van der Waals surface area contributed by atoms with Gasteiger partial charge in [-0.1, -0.05) is 80.4 Å². The number of carbonyl (C=O) groups excluding carboxylic acids is 2. The van der Waals surface area contributed by atoms with Crippen LogP contribution in [0.2, 0.25) is 10.0 Å². The lowest BCUT2D eigenvalue weighted by Gasteiger charge is -2.39. The van der Waals surface area contributed by atoms with Crippen LogP contribution < -0.4 is 5.32 Å². The van der Waals surface area contributed by atoms with Crippen LogP contribution in [-0.4, -0.2) is 26.8 Å². The van der Waals surface area contributed by atoms with Crippen molar-refractivity contribution < 1.29 is 9.59 Å². The van der Waals surface area contributed by atoms with Crippen LogP contribution in [0.5, 0.6) is 0 Å². The fourth-order valence-corrected chi connectivity index (χ4v) is 5.82. The monoisotopic (exact) mass is 499 g/mol. The number of para-hydroxylation sites is 1. The van der Waals surface area contributed by atoms with Crippen molar-refractivity contribution in [3.63, 3.8) is 0 Å². The van der Waals surface area contributed by atoms with E-state index in [0.29, 0.717) is 15.7 Å². The molecule has 0 radical (unpaired) electrons. The lowest BCUT2D eigenvalue weighted by Crippen LogP contribution is -2.54. The van der Waals surface area contributed by atoms with Gasteiger partial charge in [-0.25, -0.2) is 0 Å². The van der Waals surface area contributed by atoms with Gasteiger partial charge in [-0.05, 0) is 43.4 Å². The van der Waals surface area contributed by atoms with Crippen molar-refractivity contribution in [2.75, 3.05) is 0 Å². The molecule has 0 fully saturated rings. The van der Waals surface area contributed by atoms with Gasteiger partial charge in [-0.3, -0.25) is 9.59 Å². The molecular formula is C27H31Cl2N3O2. The van der Waals surface area contributed by atoms with Gasteiger partial charge >= 0.3 is 0 Å². The summed E-state index contributed by atoms with van der Waals surface area (Å²) in [7, 11) is 0. The second-order valence-electron chi connectivity index (χ2n) is 10.9. The fourth-order valence-electron chi connectivity index (χ4n) is 5.26. The number of halogens is 2. The van der Waals surface area contributed by atoms with E-state index in [4.69, 9.17) is 23.2 Å². The number of nitrogens with one attached hydrogen (secondary N) is 1. The molecule has 2 heterocycles. The number of nitrogens with zero attached hydrogens (tertiary/aromatic N) is 2. The van der Waals surface area contributed by atoms with E-state index in [0.717, 1.165) is 22.9 Å². The van der Waals surface area contributed by atoms with Crippen LogP contribution in [-0.2, 0) is 22.7 Å². The number of amides is 2. The van der Waals surface area contributed by atoms with Crippen LogP contribution in [0.1, 0.15) is 58.3 Å². The summed E-state index contributed by atoms with van der Waals surface area (Å²) in [5.41, 5.74) is 1.81. The van der Waals surface area contributed by atoms with E-state index in [2.05, 4.69) is 26.1 Å².